The fourth-order valence-corrected chi connectivity index (χ4v) is 4.06. The summed E-state index contributed by atoms with van der Waals surface area (Å²) < 4.78 is 1.62. The van der Waals surface area contributed by atoms with Crippen molar-refractivity contribution in [2.75, 3.05) is 30.4 Å². The van der Waals surface area contributed by atoms with Crippen LogP contribution in [0.25, 0.3) is 16.8 Å². The second kappa shape index (κ2) is 8.56. The fraction of sp³-hybridized carbons (Fsp3) is 0.160. The first-order valence-electron chi connectivity index (χ1n) is 11.0. The highest BCUT2D eigenvalue weighted by Gasteiger charge is 2.26. The summed E-state index contributed by atoms with van der Waals surface area (Å²) >= 11 is 0. The molecule has 0 unspecified atom stereocenters. The number of likely N-dealkylation sites (N-methyl/N-ethyl adjacent to an activating group) is 1. The average Bonchev–Trinajstić information content (AvgIpc) is 3.42. The minimum Gasteiger partial charge on any atom is -0.366 e. The Balaban J connectivity index is 1.45. The van der Waals surface area contributed by atoms with Gasteiger partial charge in [-0.1, -0.05) is 18.2 Å². The Hall–Kier alpha value is -4.73. The van der Waals surface area contributed by atoms with E-state index >= 15 is 0 Å². The van der Waals surface area contributed by atoms with E-state index in [2.05, 4.69) is 15.4 Å². The number of nitrogens with zero attached hydrogens (tertiary/aromatic N) is 5. The van der Waals surface area contributed by atoms with E-state index < -0.39 is 11.8 Å². The van der Waals surface area contributed by atoms with E-state index in [0.29, 0.717) is 41.2 Å². The molecule has 1 aliphatic rings. The molecule has 176 valence electrons. The van der Waals surface area contributed by atoms with Gasteiger partial charge in [-0.2, -0.15) is 5.10 Å². The van der Waals surface area contributed by atoms with Gasteiger partial charge in [0, 0.05) is 42.6 Å². The third kappa shape index (κ3) is 4.17. The number of primary amides is 1. The lowest BCUT2D eigenvalue weighted by Gasteiger charge is -2.16. The maximum Gasteiger partial charge on any atom is 0.324 e. The van der Waals surface area contributed by atoms with Crippen molar-refractivity contribution >= 4 is 34.7 Å². The Morgan fingerprint density at radius 3 is 2.51 bits per heavy atom. The third-order valence-corrected chi connectivity index (χ3v) is 5.89. The lowest BCUT2D eigenvalue weighted by Crippen LogP contribution is -2.29. The summed E-state index contributed by atoms with van der Waals surface area (Å²) in [5.41, 5.74) is 9.76. The predicted molar refractivity (Wildman–Crippen MR) is 131 cm³/mol. The molecule has 10 nitrogen and oxygen atoms in total. The minimum atomic E-state index is -0.579. The number of aromatic nitrogens is 3. The number of benzene rings is 2. The largest absolute Gasteiger partial charge is 0.366 e. The summed E-state index contributed by atoms with van der Waals surface area (Å²) in [5, 5.41) is 7.41. The van der Waals surface area contributed by atoms with Crippen LogP contribution in [0, 0.1) is 6.92 Å². The molecule has 1 saturated heterocycles. The molecule has 5 rings (SSSR count). The zero-order valence-electron chi connectivity index (χ0n) is 19.2. The zero-order valence-corrected chi connectivity index (χ0v) is 19.2. The van der Waals surface area contributed by atoms with Gasteiger partial charge in [0.05, 0.1) is 23.1 Å². The number of hydrogen-bond donors (Lipinski definition) is 2. The summed E-state index contributed by atoms with van der Waals surface area (Å²) in [5.74, 6) is -1.01. The summed E-state index contributed by atoms with van der Waals surface area (Å²) in [6, 6.07) is 15.8. The monoisotopic (exact) mass is 469 g/mol. The quantitative estimate of drug-likeness (QED) is 0.465. The molecule has 0 bridgehead atoms. The van der Waals surface area contributed by atoms with Gasteiger partial charge in [-0.25, -0.2) is 14.3 Å². The number of anilines is 2. The normalized spacial score (nSPS) is 13.5. The highest BCUT2D eigenvalue weighted by Crippen LogP contribution is 2.26. The molecule has 0 atom stereocenters. The van der Waals surface area contributed by atoms with Crippen LogP contribution in [0.2, 0.25) is 0 Å². The molecule has 2 aromatic heterocycles. The second-order valence-corrected chi connectivity index (χ2v) is 8.39. The lowest BCUT2D eigenvalue weighted by molar-refractivity contribution is 0.0995. The van der Waals surface area contributed by atoms with Crippen molar-refractivity contribution in [2.24, 2.45) is 5.73 Å². The molecule has 10 heteroatoms. The summed E-state index contributed by atoms with van der Waals surface area (Å²) in [7, 11) is 1.78. The van der Waals surface area contributed by atoms with Gasteiger partial charge < -0.3 is 16.0 Å². The molecule has 3 heterocycles. The van der Waals surface area contributed by atoms with Crippen molar-refractivity contribution in [1.82, 2.24) is 19.5 Å². The molecular formula is C25H23N7O3. The second-order valence-electron chi connectivity index (χ2n) is 8.39. The van der Waals surface area contributed by atoms with Gasteiger partial charge in [0.1, 0.15) is 0 Å². The standard InChI is InChI=1S/C25H23N7O3/c1-15-14-32-21(22(27-15)24(34)28-18-5-3-4-17(12-18)23(26)33)13-20(29-32)16-6-8-19(9-7-16)31-11-10-30(2)25(31)35/h3-9,12-14H,10-11H2,1-2H3,(H2,26,33)(H,28,34). The van der Waals surface area contributed by atoms with Crippen LogP contribution in [-0.4, -0.2) is 57.5 Å². The summed E-state index contributed by atoms with van der Waals surface area (Å²) in [6.45, 7) is 3.12. The van der Waals surface area contributed by atoms with Crippen molar-refractivity contribution < 1.29 is 14.4 Å². The van der Waals surface area contributed by atoms with Gasteiger partial charge >= 0.3 is 6.03 Å². The van der Waals surface area contributed by atoms with Crippen LogP contribution < -0.4 is 16.0 Å². The number of hydrogen-bond acceptors (Lipinski definition) is 5. The number of aryl methyl sites for hydroxylation is 1. The Labute approximate surface area is 201 Å². The molecule has 4 aromatic rings. The van der Waals surface area contributed by atoms with Gasteiger partial charge in [-0.15, -0.1) is 0 Å². The van der Waals surface area contributed by atoms with Gasteiger partial charge in [0.25, 0.3) is 5.91 Å². The van der Waals surface area contributed by atoms with E-state index in [0.717, 1.165) is 11.3 Å². The first kappa shape index (κ1) is 22.1. The van der Waals surface area contributed by atoms with Gasteiger partial charge in [0.15, 0.2) is 5.69 Å². The van der Waals surface area contributed by atoms with Crippen molar-refractivity contribution in [3.05, 3.63) is 77.7 Å². The lowest BCUT2D eigenvalue weighted by atomic mass is 10.1. The van der Waals surface area contributed by atoms with Gasteiger partial charge in [-0.05, 0) is 43.3 Å². The van der Waals surface area contributed by atoms with E-state index in [1.807, 2.05) is 24.3 Å². The van der Waals surface area contributed by atoms with Crippen LogP contribution in [0.5, 0.6) is 0 Å². The highest BCUT2D eigenvalue weighted by atomic mass is 16.2. The molecule has 0 saturated carbocycles. The SMILES string of the molecule is Cc1cn2nc(-c3ccc(N4CCN(C)C4=O)cc3)cc2c(C(=O)Nc2cccc(C(N)=O)c2)n1. The van der Waals surface area contributed by atoms with E-state index in [9.17, 15) is 14.4 Å². The molecule has 0 aliphatic carbocycles. The van der Waals surface area contributed by atoms with Gasteiger partial charge in [0.2, 0.25) is 5.91 Å². The molecular weight excluding hydrogens is 446 g/mol. The van der Waals surface area contributed by atoms with Gasteiger partial charge in [-0.3, -0.25) is 14.5 Å². The number of carbonyl (C=O) groups excluding carboxylic acids is 3. The first-order chi connectivity index (χ1) is 16.8. The number of urea groups is 1. The molecule has 0 spiro atoms. The maximum atomic E-state index is 13.1. The molecule has 3 N–H and O–H groups in total. The van der Waals surface area contributed by atoms with Crippen molar-refractivity contribution in [2.45, 2.75) is 6.92 Å². The van der Waals surface area contributed by atoms with E-state index in [-0.39, 0.29) is 11.7 Å². The highest BCUT2D eigenvalue weighted by molar-refractivity contribution is 6.08. The minimum absolute atomic E-state index is 0.0240. The van der Waals surface area contributed by atoms with Crippen LogP contribution >= 0.6 is 0 Å². The molecule has 4 amide bonds. The Morgan fingerprint density at radius 1 is 1.06 bits per heavy atom. The summed E-state index contributed by atoms with van der Waals surface area (Å²) in [6.07, 6.45) is 1.75. The molecule has 1 aliphatic heterocycles. The number of fused-ring (bicyclic) bond motifs is 1. The van der Waals surface area contributed by atoms with Crippen LogP contribution in [-0.2, 0) is 0 Å². The van der Waals surface area contributed by atoms with Crippen molar-refractivity contribution in [3.8, 4) is 11.3 Å². The molecule has 1 fully saturated rings. The molecule has 35 heavy (non-hydrogen) atoms. The van der Waals surface area contributed by atoms with E-state index in [1.165, 1.54) is 6.07 Å². The van der Waals surface area contributed by atoms with Crippen LogP contribution in [0.15, 0.2) is 60.8 Å². The Morgan fingerprint density at radius 2 is 1.83 bits per heavy atom. The van der Waals surface area contributed by atoms with Crippen LogP contribution in [0.1, 0.15) is 26.5 Å². The van der Waals surface area contributed by atoms with E-state index in [4.69, 9.17) is 5.73 Å². The fourth-order valence-electron chi connectivity index (χ4n) is 4.06. The summed E-state index contributed by atoms with van der Waals surface area (Å²) in [4.78, 5) is 44.6. The molecule has 2 aromatic carbocycles. The number of nitrogens with two attached hydrogens (primary N) is 1. The first-order valence-corrected chi connectivity index (χ1v) is 11.0. The van der Waals surface area contributed by atoms with Crippen molar-refractivity contribution in [1.29, 1.82) is 0 Å². The Kier molecular flexibility index (Phi) is 5.40. The maximum absolute atomic E-state index is 13.1. The number of carbonyl (C=O) groups is 3. The Bertz CT molecular complexity index is 1480. The van der Waals surface area contributed by atoms with Crippen LogP contribution in [0.3, 0.4) is 0 Å². The smallest absolute Gasteiger partial charge is 0.324 e. The number of amides is 4. The predicted octanol–water partition coefficient (Wildman–Crippen LogP) is 2.93. The third-order valence-electron chi connectivity index (χ3n) is 5.89. The molecule has 0 radical (unpaired) electrons. The number of nitrogens with one attached hydrogen (secondary N) is 1. The number of rotatable bonds is 5. The van der Waals surface area contributed by atoms with Crippen LogP contribution in [0.4, 0.5) is 16.2 Å². The van der Waals surface area contributed by atoms with Crippen molar-refractivity contribution in [3.63, 3.8) is 0 Å². The topological polar surface area (TPSA) is 126 Å². The van der Waals surface area contributed by atoms with E-state index in [1.54, 1.807) is 58.7 Å². The average molecular weight is 470 g/mol. The zero-order chi connectivity index (χ0) is 24.7.